The normalized spacial score (nSPS) is 10.4. The minimum atomic E-state index is 0.708. The summed E-state index contributed by atoms with van der Waals surface area (Å²) in [6.45, 7) is 7.95. The van der Waals surface area contributed by atoms with Gasteiger partial charge < -0.3 is 9.88 Å². The quantitative estimate of drug-likeness (QED) is 0.757. The van der Waals surface area contributed by atoms with Crippen molar-refractivity contribution in [1.82, 2.24) is 24.5 Å². The van der Waals surface area contributed by atoms with Crippen LogP contribution < -0.4 is 5.32 Å². The number of aromatic nitrogens is 5. The molecule has 0 aliphatic carbocycles. The van der Waals surface area contributed by atoms with Gasteiger partial charge in [0.2, 0.25) is 5.95 Å². The molecular weight excluding hydrogens is 216 g/mol. The van der Waals surface area contributed by atoms with Gasteiger partial charge in [-0.3, -0.25) is 4.68 Å². The highest BCUT2D eigenvalue weighted by atomic mass is 15.4. The molecule has 0 unspecified atom stereocenters. The smallest absolute Gasteiger partial charge is 0.203 e. The van der Waals surface area contributed by atoms with E-state index in [1.54, 1.807) is 10.9 Å². The van der Waals surface area contributed by atoms with E-state index in [0.717, 1.165) is 24.7 Å². The van der Waals surface area contributed by atoms with Crippen LogP contribution in [-0.4, -0.2) is 31.1 Å². The molecule has 0 aliphatic heterocycles. The molecule has 0 radical (unpaired) electrons. The molecule has 0 amide bonds. The third-order valence-electron chi connectivity index (χ3n) is 2.34. The van der Waals surface area contributed by atoms with Gasteiger partial charge in [-0.15, -0.1) is 11.7 Å². The zero-order chi connectivity index (χ0) is 12.1. The van der Waals surface area contributed by atoms with Gasteiger partial charge in [0.25, 0.3) is 0 Å². The summed E-state index contributed by atoms with van der Waals surface area (Å²) < 4.78 is 3.87. The predicted octanol–water partition coefficient (Wildman–Crippen LogP) is 1.08. The van der Waals surface area contributed by atoms with Crippen molar-refractivity contribution in [2.45, 2.75) is 20.0 Å². The van der Waals surface area contributed by atoms with Gasteiger partial charge in [-0.25, -0.2) is 4.98 Å². The van der Waals surface area contributed by atoms with Crippen LogP contribution in [0.25, 0.3) is 0 Å². The fourth-order valence-corrected chi connectivity index (χ4v) is 1.58. The van der Waals surface area contributed by atoms with E-state index in [9.17, 15) is 0 Å². The zero-order valence-electron chi connectivity index (χ0n) is 9.87. The Hall–Kier alpha value is -2.11. The first-order valence-electron chi connectivity index (χ1n) is 5.52. The summed E-state index contributed by atoms with van der Waals surface area (Å²) >= 11 is 0. The van der Waals surface area contributed by atoms with Crippen LogP contribution in [0.5, 0.6) is 0 Å². The summed E-state index contributed by atoms with van der Waals surface area (Å²) in [5, 5.41) is 10.9. The van der Waals surface area contributed by atoms with Crippen molar-refractivity contribution < 1.29 is 0 Å². The fraction of sp³-hybridized carbons (Fsp3) is 0.364. The van der Waals surface area contributed by atoms with E-state index in [-0.39, 0.29) is 0 Å². The molecule has 0 fully saturated rings. The van der Waals surface area contributed by atoms with Crippen molar-refractivity contribution in [1.29, 1.82) is 0 Å². The highest BCUT2D eigenvalue weighted by molar-refractivity contribution is 5.29. The van der Waals surface area contributed by atoms with Crippen LogP contribution in [0.1, 0.15) is 5.69 Å². The third-order valence-corrected chi connectivity index (χ3v) is 2.34. The number of nitrogens with zero attached hydrogens (tertiary/aromatic N) is 5. The molecule has 0 aliphatic rings. The van der Waals surface area contributed by atoms with Gasteiger partial charge in [0.05, 0.1) is 18.4 Å². The van der Waals surface area contributed by atoms with Crippen molar-refractivity contribution in [3.05, 3.63) is 36.9 Å². The maximum Gasteiger partial charge on any atom is 0.203 e. The van der Waals surface area contributed by atoms with Crippen LogP contribution >= 0.6 is 0 Å². The number of nitrogens with one attached hydrogen (secondary N) is 1. The average molecular weight is 232 g/mol. The molecule has 6 heteroatoms. The number of hydrogen-bond acceptors (Lipinski definition) is 4. The first-order valence-corrected chi connectivity index (χ1v) is 5.52. The molecule has 2 heterocycles. The van der Waals surface area contributed by atoms with Gasteiger partial charge in [-0.1, -0.05) is 11.3 Å². The first-order chi connectivity index (χ1) is 8.29. The lowest BCUT2D eigenvalue weighted by Gasteiger charge is -2.07. The van der Waals surface area contributed by atoms with E-state index < -0.39 is 0 Å². The summed E-state index contributed by atoms with van der Waals surface area (Å²) in [5.74, 6) is 0.863. The molecule has 0 spiro atoms. The Labute approximate surface area is 100.0 Å². The van der Waals surface area contributed by atoms with Crippen LogP contribution in [-0.2, 0) is 13.1 Å². The number of imidazole rings is 1. The Balaban J connectivity index is 2.01. The SMILES string of the molecule is C=CCNc1nc(C)cn1CCn1ccnn1. The average Bonchev–Trinajstić information content (AvgIpc) is 2.93. The van der Waals surface area contributed by atoms with Gasteiger partial charge in [-0.2, -0.15) is 0 Å². The minimum absolute atomic E-state index is 0.708. The Kier molecular flexibility index (Phi) is 3.54. The Morgan fingerprint density at radius 1 is 1.47 bits per heavy atom. The first kappa shape index (κ1) is 11.4. The molecule has 1 N–H and O–H groups in total. The summed E-state index contributed by atoms with van der Waals surface area (Å²) in [6, 6.07) is 0. The summed E-state index contributed by atoms with van der Waals surface area (Å²) in [6.07, 6.45) is 7.35. The lowest BCUT2D eigenvalue weighted by molar-refractivity contribution is 0.521. The van der Waals surface area contributed by atoms with E-state index in [4.69, 9.17) is 0 Å². The highest BCUT2D eigenvalue weighted by Gasteiger charge is 2.04. The number of anilines is 1. The van der Waals surface area contributed by atoms with Crippen molar-refractivity contribution >= 4 is 5.95 Å². The molecular formula is C11H16N6. The zero-order valence-corrected chi connectivity index (χ0v) is 9.87. The van der Waals surface area contributed by atoms with Crippen molar-refractivity contribution in [2.24, 2.45) is 0 Å². The van der Waals surface area contributed by atoms with Gasteiger partial charge in [-0.05, 0) is 6.92 Å². The van der Waals surface area contributed by atoms with Crippen LogP contribution in [0.3, 0.4) is 0 Å². The van der Waals surface area contributed by atoms with E-state index in [1.165, 1.54) is 0 Å². The molecule has 0 bridgehead atoms. The maximum atomic E-state index is 4.41. The molecule has 0 saturated heterocycles. The molecule has 2 rings (SSSR count). The molecule has 0 atom stereocenters. The van der Waals surface area contributed by atoms with Crippen LogP contribution in [0.4, 0.5) is 5.95 Å². The van der Waals surface area contributed by atoms with E-state index >= 15 is 0 Å². The highest BCUT2D eigenvalue weighted by Crippen LogP contribution is 2.08. The largest absolute Gasteiger partial charge is 0.352 e. The van der Waals surface area contributed by atoms with Crippen LogP contribution in [0.15, 0.2) is 31.2 Å². The molecule has 0 saturated carbocycles. The minimum Gasteiger partial charge on any atom is -0.352 e. The second-order valence-corrected chi connectivity index (χ2v) is 3.73. The second kappa shape index (κ2) is 5.29. The lowest BCUT2D eigenvalue weighted by Crippen LogP contribution is -2.11. The Morgan fingerprint density at radius 2 is 2.35 bits per heavy atom. The predicted molar refractivity (Wildman–Crippen MR) is 65.7 cm³/mol. The molecule has 90 valence electrons. The van der Waals surface area contributed by atoms with E-state index in [2.05, 4.69) is 31.8 Å². The third kappa shape index (κ3) is 2.93. The van der Waals surface area contributed by atoms with Crippen molar-refractivity contribution in [3.8, 4) is 0 Å². The number of hydrogen-bond donors (Lipinski definition) is 1. The summed E-state index contributed by atoms with van der Waals surface area (Å²) in [7, 11) is 0. The second-order valence-electron chi connectivity index (χ2n) is 3.73. The maximum absolute atomic E-state index is 4.41. The van der Waals surface area contributed by atoms with Gasteiger partial charge in [0.15, 0.2) is 0 Å². The van der Waals surface area contributed by atoms with Crippen molar-refractivity contribution in [2.75, 3.05) is 11.9 Å². The van der Waals surface area contributed by atoms with E-state index in [0.29, 0.717) is 6.54 Å². The van der Waals surface area contributed by atoms with Crippen LogP contribution in [0.2, 0.25) is 0 Å². The molecule has 2 aromatic rings. The topological polar surface area (TPSA) is 60.6 Å². The number of rotatable bonds is 6. The van der Waals surface area contributed by atoms with Gasteiger partial charge in [0.1, 0.15) is 0 Å². The van der Waals surface area contributed by atoms with E-state index in [1.807, 2.05) is 25.4 Å². The molecule has 0 aromatic carbocycles. The van der Waals surface area contributed by atoms with Crippen molar-refractivity contribution in [3.63, 3.8) is 0 Å². The fourth-order valence-electron chi connectivity index (χ4n) is 1.58. The monoisotopic (exact) mass is 232 g/mol. The standard InChI is InChI=1S/C11H16N6/c1-3-4-12-11-14-10(2)9-16(11)7-8-17-6-5-13-15-17/h3,5-6,9H,1,4,7-8H2,2H3,(H,12,14). The summed E-state index contributed by atoms with van der Waals surface area (Å²) in [5.41, 5.74) is 0.996. The van der Waals surface area contributed by atoms with Gasteiger partial charge in [0, 0.05) is 25.5 Å². The summed E-state index contributed by atoms with van der Waals surface area (Å²) in [4.78, 5) is 4.41. The molecule has 17 heavy (non-hydrogen) atoms. The Morgan fingerprint density at radius 3 is 3.06 bits per heavy atom. The van der Waals surface area contributed by atoms with Gasteiger partial charge >= 0.3 is 0 Å². The molecule has 2 aromatic heterocycles. The molecule has 6 nitrogen and oxygen atoms in total. The Bertz CT molecular complexity index is 470. The number of aryl methyl sites for hydroxylation is 3. The lowest BCUT2D eigenvalue weighted by atomic mass is 10.5. The van der Waals surface area contributed by atoms with Crippen LogP contribution in [0, 0.1) is 6.92 Å².